The number of anilines is 1. The third kappa shape index (κ3) is 4.54. The van der Waals surface area contributed by atoms with E-state index in [4.69, 9.17) is 4.74 Å². The van der Waals surface area contributed by atoms with Crippen LogP contribution >= 0.6 is 11.8 Å². The average Bonchev–Trinajstić information content (AvgIpc) is 3.44. The quantitative estimate of drug-likeness (QED) is 0.474. The minimum atomic E-state index is -0.344. The lowest BCUT2D eigenvalue weighted by molar-refractivity contribution is -0.117. The third-order valence-corrected chi connectivity index (χ3v) is 6.28. The Morgan fingerprint density at radius 1 is 1.03 bits per heavy atom. The first-order valence-corrected chi connectivity index (χ1v) is 11.4. The van der Waals surface area contributed by atoms with Crippen LogP contribution in [-0.2, 0) is 17.9 Å². The monoisotopic (exact) mass is 459 g/mol. The van der Waals surface area contributed by atoms with Crippen molar-refractivity contribution < 1.29 is 9.53 Å². The summed E-state index contributed by atoms with van der Waals surface area (Å²) >= 11 is 1.75. The van der Waals surface area contributed by atoms with E-state index in [9.17, 15) is 9.59 Å². The summed E-state index contributed by atoms with van der Waals surface area (Å²) in [6.07, 6.45) is 2.05. The predicted molar refractivity (Wildman–Crippen MR) is 128 cm³/mol. The number of ether oxygens (including phenoxy) is 1. The number of hydrogen-bond acceptors (Lipinski definition) is 6. The number of amides is 1. The number of aromatic nitrogens is 4. The molecule has 0 aliphatic carbocycles. The van der Waals surface area contributed by atoms with Crippen molar-refractivity contribution in [3.63, 3.8) is 0 Å². The van der Waals surface area contributed by atoms with Crippen molar-refractivity contribution in [1.29, 1.82) is 0 Å². The second kappa shape index (κ2) is 8.95. The Balaban J connectivity index is 1.27. The number of carbonyl (C=O) groups excluding carboxylic acids is 1. The van der Waals surface area contributed by atoms with Gasteiger partial charge < -0.3 is 14.6 Å². The van der Waals surface area contributed by atoms with Crippen molar-refractivity contribution >= 4 is 23.4 Å². The number of hydrogen-bond donors (Lipinski definition) is 1. The molecule has 1 aliphatic rings. The molecule has 1 amide bonds. The van der Waals surface area contributed by atoms with Crippen molar-refractivity contribution in [1.82, 2.24) is 19.3 Å². The second-order valence-corrected chi connectivity index (χ2v) is 8.58. The Morgan fingerprint density at radius 2 is 1.76 bits per heavy atom. The zero-order valence-electron chi connectivity index (χ0n) is 17.9. The number of rotatable bonds is 6. The molecule has 8 nitrogen and oxygen atoms in total. The van der Waals surface area contributed by atoms with Crippen molar-refractivity contribution in [3.05, 3.63) is 77.2 Å². The number of imidazole rings is 1. The van der Waals surface area contributed by atoms with E-state index < -0.39 is 0 Å². The van der Waals surface area contributed by atoms with Crippen LogP contribution in [0.25, 0.3) is 22.5 Å². The molecule has 4 aromatic rings. The van der Waals surface area contributed by atoms with E-state index in [1.807, 2.05) is 48.5 Å². The number of thioether (sulfide) groups is 1. The fourth-order valence-electron chi connectivity index (χ4n) is 3.59. The van der Waals surface area contributed by atoms with Crippen LogP contribution in [-0.4, -0.2) is 38.1 Å². The van der Waals surface area contributed by atoms with Gasteiger partial charge in [-0.25, -0.2) is 9.67 Å². The summed E-state index contributed by atoms with van der Waals surface area (Å²) in [7, 11) is 1.60. The molecule has 0 unspecified atom stereocenters. The summed E-state index contributed by atoms with van der Waals surface area (Å²) in [5, 5.41) is 8.21. The molecule has 5 rings (SSSR count). The zero-order chi connectivity index (χ0) is 22.8. The third-order valence-electron chi connectivity index (χ3n) is 5.31. The van der Waals surface area contributed by atoms with Crippen molar-refractivity contribution in [2.45, 2.75) is 18.2 Å². The van der Waals surface area contributed by atoms with E-state index in [1.54, 1.807) is 24.9 Å². The van der Waals surface area contributed by atoms with Crippen molar-refractivity contribution in [2.24, 2.45) is 0 Å². The second-order valence-electron chi connectivity index (χ2n) is 7.52. The first kappa shape index (κ1) is 21.0. The molecule has 0 radical (unpaired) electrons. The van der Waals surface area contributed by atoms with Crippen LogP contribution in [0.2, 0.25) is 0 Å². The fourth-order valence-corrected chi connectivity index (χ4v) is 4.53. The van der Waals surface area contributed by atoms with Gasteiger partial charge in [-0.2, -0.15) is 5.10 Å². The Hall–Kier alpha value is -3.85. The molecule has 33 heavy (non-hydrogen) atoms. The van der Waals surface area contributed by atoms with E-state index >= 15 is 0 Å². The maximum atomic E-state index is 12.6. The van der Waals surface area contributed by atoms with Crippen LogP contribution in [0.3, 0.4) is 0 Å². The SMILES string of the molecule is COc1ccc(-c2ccc(=O)n(CC(=O)Nc3ccc(-c4cn5c(n4)SCC5)cc3)n2)cc1. The lowest BCUT2D eigenvalue weighted by Gasteiger charge is -2.09. The van der Waals surface area contributed by atoms with Crippen LogP contribution in [0.5, 0.6) is 5.75 Å². The highest BCUT2D eigenvalue weighted by Gasteiger charge is 2.15. The Bertz CT molecular complexity index is 1340. The Labute approximate surface area is 194 Å². The van der Waals surface area contributed by atoms with Crippen LogP contribution in [0.15, 0.2) is 76.8 Å². The standard InChI is InChI=1S/C24H21N5O3S/c1-32-19-8-4-16(5-9-19)20-10-11-23(31)29(27-20)15-22(30)25-18-6-2-17(3-7-18)21-14-28-12-13-33-24(28)26-21/h2-11,14H,12-13,15H2,1H3,(H,25,30). The maximum absolute atomic E-state index is 12.6. The number of nitrogens with one attached hydrogen (secondary N) is 1. The van der Waals surface area contributed by atoms with Gasteiger partial charge in [0, 0.05) is 41.4 Å². The summed E-state index contributed by atoms with van der Waals surface area (Å²) in [5.41, 5.74) is 3.62. The molecule has 0 saturated heterocycles. The summed E-state index contributed by atoms with van der Waals surface area (Å²) < 4.78 is 8.48. The van der Waals surface area contributed by atoms with Gasteiger partial charge in [0.2, 0.25) is 5.91 Å². The van der Waals surface area contributed by atoms with Gasteiger partial charge in [0.15, 0.2) is 5.16 Å². The van der Waals surface area contributed by atoms with Crippen LogP contribution in [0.1, 0.15) is 0 Å². The van der Waals surface area contributed by atoms with Gasteiger partial charge in [-0.1, -0.05) is 23.9 Å². The smallest absolute Gasteiger partial charge is 0.267 e. The summed E-state index contributed by atoms with van der Waals surface area (Å²) in [6, 6.07) is 17.9. The van der Waals surface area contributed by atoms with Crippen molar-refractivity contribution in [2.75, 3.05) is 18.2 Å². The molecule has 0 atom stereocenters. The molecular formula is C24H21N5O3S. The number of methoxy groups -OCH3 is 1. The average molecular weight is 460 g/mol. The lowest BCUT2D eigenvalue weighted by Crippen LogP contribution is -2.29. The number of aryl methyl sites for hydroxylation is 1. The van der Waals surface area contributed by atoms with Gasteiger partial charge >= 0.3 is 0 Å². The highest BCUT2D eigenvalue weighted by atomic mass is 32.2. The molecule has 9 heteroatoms. The Kier molecular flexibility index (Phi) is 5.70. The molecule has 3 heterocycles. The number of nitrogens with zero attached hydrogens (tertiary/aromatic N) is 4. The van der Waals surface area contributed by atoms with Gasteiger partial charge in [0.05, 0.1) is 18.5 Å². The zero-order valence-corrected chi connectivity index (χ0v) is 18.7. The van der Waals surface area contributed by atoms with E-state index in [2.05, 4.69) is 26.2 Å². The predicted octanol–water partition coefficient (Wildman–Crippen LogP) is 3.53. The van der Waals surface area contributed by atoms with Gasteiger partial charge in [-0.15, -0.1) is 0 Å². The van der Waals surface area contributed by atoms with Crippen LogP contribution < -0.4 is 15.6 Å². The number of carbonyl (C=O) groups is 1. The molecule has 0 bridgehead atoms. The van der Waals surface area contributed by atoms with E-state index in [0.717, 1.165) is 44.7 Å². The molecule has 1 N–H and O–H groups in total. The van der Waals surface area contributed by atoms with Gasteiger partial charge in [0.25, 0.3) is 5.56 Å². The molecule has 2 aromatic carbocycles. The van der Waals surface area contributed by atoms with Gasteiger partial charge in [0.1, 0.15) is 12.3 Å². The van der Waals surface area contributed by atoms with Gasteiger partial charge in [-0.3, -0.25) is 9.59 Å². The van der Waals surface area contributed by atoms with Crippen LogP contribution in [0, 0.1) is 0 Å². The first-order valence-electron chi connectivity index (χ1n) is 10.4. The summed E-state index contributed by atoms with van der Waals surface area (Å²) in [4.78, 5) is 29.5. The fraction of sp³-hybridized carbons (Fsp3) is 0.167. The number of benzene rings is 2. The molecular weight excluding hydrogens is 438 g/mol. The maximum Gasteiger partial charge on any atom is 0.267 e. The first-order chi connectivity index (χ1) is 16.1. The summed E-state index contributed by atoms with van der Waals surface area (Å²) in [5.74, 6) is 1.46. The topological polar surface area (TPSA) is 91.0 Å². The molecule has 0 saturated carbocycles. The van der Waals surface area contributed by atoms with E-state index in [-0.39, 0.29) is 18.0 Å². The molecule has 1 aliphatic heterocycles. The Morgan fingerprint density at radius 3 is 2.48 bits per heavy atom. The summed E-state index contributed by atoms with van der Waals surface area (Å²) in [6.45, 7) is 0.795. The normalized spacial score (nSPS) is 12.4. The molecule has 166 valence electrons. The van der Waals surface area contributed by atoms with Gasteiger partial charge in [-0.05, 0) is 42.5 Å². The largest absolute Gasteiger partial charge is 0.497 e. The highest BCUT2D eigenvalue weighted by molar-refractivity contribution is 7.99. The number of fused-ring (bicyclic) bond motifs is 1. The van der Waals surface area contributed by atoms with E-state index in [1.165, 1.54) is 6.07 Å². The van der Waals surface area contributed by atoms with E-state index in [0.29, 0.717) is 11.4 Å². The highest BCUT2D eigenvalue weighted by Crippen LogP contribution is 2.29. The van der Waals surface area contributed by atoms with Crippen molar-refractivity contribution in [3.8, 4) is 28.3 Å². The van der Waals surface area contributed by atoms with Crippen LogP contribution in [0.4, 0.5) is 5.69 Å². The minimum absolute atomic E-state index is 0.185. The molecule has 0 fully saturated rings. The minimum Gasteiger partial charge on any atom is -0.497 e. The molecule has 2 aromatic heterocycles. The molecule has 0 spiro atoms. The lowest BCUT2D eigenvalue weighted by atomic mass is 10.1.